The number of imidazole rings is 1. The molecule has 1 fully saturated rings. The maximum absolute atomic E-state index is 13.1. The van der Waals surface area contributed by atoms with E-state index in [2.05, 4.69) is 53.4 Å². The highest BCUT2D eigenvalue weighted by Crippen LogP contribution is 2.19. The van der Waals surface area contributed by atoms with Crippen molar-refractivity contribution >= 4 is 12.0 Å². The number of nitrogens with zero attached hydrogens (tertiary/aromatic N) is 2. The lowest BCUT2D eigenvalue weighted by Gasteiger charge is -2.25. The number of H-pyrrole nitrogens is 1. The zero-order valence-electron chi connectivity index (χ0n) is 19.7. The van der Waals surface area contributed by atoms with Crippen molar-refractivity contribution in [3.05, 3.63) is 89.5 Å². The topological polar surface area (TPSA) is 87.3 Å². The summed E-state index contributed by atoms with van der Waals surface area (Å²) in [4.78, 5) is 34.7. The molecule has 4 rings (SSSR count). The number of hydrogen-bond acceptors (Lipinski definition) is 4. The second-order valence-corrected chi connectivity index (χ2v) is 9.31. The Balaban J connectivity index is 1.44. The number of carbonyl (C=O) groups is 2. The summed E-state index contributed by atoms with van der Waals surface area (Å²) in [5.41, 5.74) is 4.16. The van der Waals surface area contributed by atoms with Crippen LogP contribution in [0.5, 0.6) is 0 Å². The molecular formula is C27H32N4O3. The fourth-order valence-electron chi connectivity index (χ4n) is 4.40. The van der Waals surface area contributed by atoms with Crippen molar-refractivity contribution in [1.82, 2.24) is 20.2 Å². The van der Waals surface area contributed by atoms with E-state index in [4.69, 9.17) is 4.74 Å². The van der Waals surface area contributed by atoms with Gasteiger partial charge in [0.2, 0.25) is 0 Å². The van der Waals surface area contributed by atoms with E-state index in [0.717, 1.165) is 17.7 Å². The van der Waals surface area contributed by atoms with Crippen molar-refractivity contribution in [2.75, 3.05) is 6.54 Å². The van der Waals surface area contributed by atoms with E-state index in [0.29, 0.717) is 25.3 Å². The van der Waals surface area contributed by atoms with Gasteiger partial charge in [-0.2, -0.15) is 0 Å². The van der Waals surface area contributed by atoms with E-state index < -0.39 is 12.0 Å². The van der Waals surface area contributed by atoms with E-state index in [1.807, 2.05) is 30.3 Å². The van der Waals surface area contributed by atoms with Crippen LogP contribution in [-0.4, -0.2) is 45.5 Å². The molecule has 0 aliphatic carbocycles. The summed E-state index contributed by atoms with van der Waals surface area (Å²) in [5.74, 6) is 0.162. The molecule has 1 saturated heterocycles. The molecule has 1 aliphatic heterocycles. The van der Waals surface area contributed by atoms with Gasteiger partial charge < -0.3 is 19.9 Å². The van der Waals surface area contributed by atoms with Gasteiger partial charge in [-0.3, -0.25) is 0 Å². The Morgan fingerprint density at radius 1 is 1.09 bits per heavy atom. The predicted octanol–water partition coefficient (Wildman–Crippen LogP) is 3.90. The van der Waals surface area contributed by atoms with Gasteiger partial charge in [-0.25, -0.2) is 14.6 Å². The highest BCUT2D eigenvalue weighted by atomic mass is 16.5. The molecular weight excluding hydrogens is 428 g/mol. The van der Waals surface area contributed by atoms with E-state index >= 15 is 0 Å². The number of benzene rings is 2. The lowest BCUT2D eigenvalue weighted by Crippen LogP contribution is -2.45. The predicted molar refractivity (Wildman–Crippen MR) is 130 cm³/mol. The number of urea groups is 1. The molecule has 0 radical (unpaired) electrons. The van der Waals surface area contributed by atoms with Gasteiger partial charge in [-0.15, -0.1) is 0 Å². The smallest absolute Gasteiger partial charge is 0.329 e. The van der Waals surface area contributed by atoms with Crippen LogP contribution >= 0.6 is 0 Å². The molecule has 0 saturated carbocycles. The molecule has 0 unspecified atom stereocenters. The molecule has 2 aromatic carbocycles. The number of hydrogen-bond donors (Lipinski definition) is 2. The Labute approximate surface area is 200 Å². The minimum atomic E-state index is -0.735. The minimum absolute atomic E-state index is 0.0759. The van der Waals surface area contributed by atoms with E-state index in [1.165, 1.54) is 11.1 Å². The number of ether oxygens (including phenoxy) is 1. The molecule has 0 spiro atoms. The summed E-state index contributed by atoms with van der Waals surface area (Å²) in [6.07, 6.45) is 5.29. The summed E-state index contributed by atoms with van der Waals surface area (Å²) < 4.78 is 5.61. The first-order valence-corrected chi connectivity index (χ1v) is 11.8. The quantitative estimate of drug-likeness (QED) is 0.449. The first-order valence-electron chi connectivity index (χ1n) is 11.8. The Bertz CT molecular complexity index is 1080. The molecule has 2 atom stereocenters. The van der Waals surface area contributed by atoms with Crippen LogP contribution in [0.1, 0.15) is 36.2 Å². The number of aromatic nitrogens is 2. The number of carbonyl (C=O) groups excluding carboxylic acids is 2. The fraction of sp³-hybridized carbons (Fsp3) is 0.370. The molecule has 1 aromatic heterocycles. The third-order valence-corrected chi connectivity index (χ3v) is 5.96. The summed E-state index contributed by atoms with van der Waals surface area (Å²) in [6, 6.07) is 17.0. The number of rotatable bonds is 10. The Morgan fingerprint density at radius 3 is 2.59 bits per heavy atom. The largest absolute Gasteiger partial charge is 0.459 e. The standard InChI is InChI=1S/C27H32N4O3/c1-19(2)11-21-9-6-10-22(12-21)13-24-16-31(27(33)30-24)25(14-23-15-28-18-29-23)26(32)34-17-20-7-4-3-5-8-20/h3-10,12,15,18-19,24-25H,11,13-14,16-17H2,1-2H3,(H,28,29)(H,30,33)/t24-,25-/m0/s1. The number of aromatic amines is 1. The summed E-state index contributed by atoms with van der Waals surface area (Å²) in [6.45, 7) is 5.02. The van der Waals surface area contributed by atoms with Crippen LogP contribution in [0.15, 0.2) is 67.1 Å². The van der Waals surface area contributed by atoms with E-state index in [-0.39, 0.29) is 18.7 Å². The lowest BCUT2D eigenvalue weighted by atomic mass is 9.98. The molecule has 2 heterocycles. The molecule has 1 aliphatic rings. The van der Waals surface area contributed by atoms with Crippen LogP contribution in [0.2, 0.25) is 0 Å². The van der Waals surface area contributed by atoms with Crippen LogP contribution in [0.3, 0.4) is 0 Å². The zero-order chi connectivity index (χ0) is 23.9. The van der Waals surface area contributed by atoms with E-state index in [1.54, 1.807) is 17.4 Å². The molecule has 7 heteroatoms. The Morgan fingerprint density at radius 2 is 1.85 bits per heavy atom. The highest BCUT2D eigenvalue weighted by Gasteiger charge is 2.38. The van der Waals surface area contributed by atoms with Crippen molar-refractivity contribution in [3.8, 4) is 0 Å². The molecule has 7 nitrogen and oxygen atoms in total. The second-order valence-electron chi connectivity index (χ2n) is 9.31. The van der Waals surface area contributed by atoms with Crippen LogP contribution in [0.25, 0.3) is 0 Å². The molecule has 3 aromatic rings. The first kappa shape index (κ1) is 23.5. The summed E-state index contributed by atoms with van der Waals surface area (Å²) in [7, 11) is 0. The monoisotopic (exact) mass is 460 g/mol. The maximum Gasteiger partial charge on any atom is 0.329 e. The van der Waals surface area contributed by atoms with Gasteiger partial charge >= 0.3 is 12.0 Å². The fourth-order valence-corrected chi connectivity index (χ4v) is 4.40. The van der Waals surface area contributed by atoms with Crippen molar-refractivity contribution < 1.29 is 14.3 Å². The maximum atomic E-state index is 13.1. The van der Waals surface area contributed by atoms with E-state index in [9.17, 15) is 9.59 Å². The minimum Gasteiger partial charge on any atom is -0.459 e. The van der Waals surface area contributed by atoms with Crippen LogP contribution in [0, 0.1) is 5.92 Å². The van der Waals surface area contributed by atoms with Crippen molar-refractivity contribution in [1.29, 1.82) is 0 Å². The van der Waals surface area contributed by atoms with Crippen molar-refractivity contribution in [2.24, 2.45) is 5.92 Å². The summed E-state index contributed by atoms with van der Waals surface area (Å²) in [5, 5.41) is 3.05. The van der Waals surface area contributed by atoms with Crippen LogP contribution in [-0.2, 0) is 35.4 Å². The number of nitrogens with one attached hydrogen (secondary N) is 2. The Hall–Kier alpha value is -3.61. The SMILES string of the molecule is CC(C)Cc1cccc(C[C@H]2CN([C@@H](Cc3cnc[nH]3)C(=O)OCc3ccccc3)C(=O)N2)c1. The highest BCUT2D eigenvalue weighted by molar-refractivity contribution is 5.85. The Kier molecular flexibility index (Phi) is 7.62. The van der Waals surface area contributed by atoms with Gasteiger partial charge in [0.1, 0.15) is 12.6 Å². The third-order valence-electron chi connectivity index (χ3n) is 5.96. The summed E-state index contributed by atoms with van der Waals surface area (Å²) >= 11 is 0. The van der Waals surface area contributed by atoms with Gasteiger partial charge in [0, 0.05) is 24.9 Å². The average molecular weight is 461 g/mol. The van der Waals surface area contributed by atoms with Gasteiger partial charge in [-0.05, 0) is 35.4 Å². The molecule has 0 bridgehead atoms. The number of esters is 1. The van der Waals surface area contributed by atoms with Crippen molar-refractivity contribution in [3.63, 3.8) is 0 Å². The molecule has 34 heavy (non-hydrogen) atoms. The van der Waals surface area contributed by atoms with Crippen LogP contribution < -0.4 is 5.32 Å². The van der Waals surface area contributed by atoms with Crippen LogP contribution in [0.4, 0.5) is 4.79 Å². The zero-order valence-corrected chi connectivity index (χ0v) is 19.7. The second kappa shape index (κ2) is 11.0. The van der Waals surface area contributed by atoms with Gasteiger partial charge in [0.05, 0.1) is 12.4 Å². The molecule has 2 N–H and O–H groups in total. The average Bonchev–Trinajstić information content (AvgIpc) is 3.45. The first-order chi connectivity index (χ1) is 16.5. The van der Waals surface area contributed by atoms with Gasteiger partial charge in [-0.1, -0.05) is 68.4 Å². The molecule has 2 amide bonds. The number of amides is 2. The molecule has 178 valence electrons. The van der Waals surface area contributed by atoms with Gasteiger partial charge in [0.25, 0.3) is 0 Å². The normalized spacial score (nSPS) is 16.5. The van der Waals surface area contributed by atoms with Gasteiger partial charge in [0.15, 0.2) is 0 Å². The van der Waals surface area contributed by atoms with Crippen molar-refractivity contribution in [2.45, 2.75) is 51.8 Å². The third kappa shape index (κ3) is 6.25. The lowest BCUT2D eigenvalue weighted by molar-refractivity contribution is -0.150.